The molecule has 0 aliphatic carbocycles. The van der Waals surface area contributed by atoms with E-state index in [1.54, 1.807) is 0 Å². The van der Waals surface area contributed by atoms with Crippen LogP contribution in [0.3, 0.4) is 0 Å². The summed E-state index contributed by atoms with van der Waals surface area (Å²) in [5.74, 6) is -14.4. The molecule has 0 N–H and O–H groups in total. The number of aliphatic imine (C=N–C) groups is 1. The number of aromatic nitrogens is 3. The van der Waals surface area contributed by atoms with Gasteiger partial charge in [-0.25, -0.2) is 14.7 Å². The zero-order chi connectivity index (χ0) is 24.8. The summed E-state index contributed by atoms with van der Waals surface area (Å²) in [6.07, 6.45) is -4.71. The fourth-order valence-corrected chi connectivity index (χ4v) is 2.84. The molecule has 0 saturated heterocycles. The number of hydrogen-bond acceptors (Lipinski definition) is 6. The number of amidine groups is 1. The molecule has 1 aliphatic rings. The Balaban J connectivity index is 1.98. The zero-order valence-corrected chi connectivity index (χ0v) is 17.3. The Morgan fingerprint density at radius 3 is 2.39 bits per heavy atom. The molecule has 0 radical (unpaired) electrons. The molecule has 2 aromatic rings. The van der Waals surface area contributed by atoms with Crippen molar-refractivity contribution >= 4 is 40.5 Å². The summed E-state index contributed by atoms with van der Waals surface area (Å²) in [5.41, 5.74) is -0.582. The third-order valence-electron chi connectivity index (χ3n) is 4.13. The van der Waals surface area contributed by atoms with Crippen molar-refractivity contribution in [2.24, 2.45) is 10.1 Å². The number of nitrogens with zero attached hydrogens (tertiary/aromatic N) is 6. The van der Waals surface area contributed by atoms with E-state index in [2.05, 4.69) is 26.8 Å². The SMILES string of the molecule is C=C1C=NC(C(F)(F)C(F)(F)C(F)(F)F)=NN1Cc1cc(C(=O)Cl)n(-c2ncccc2Cl)n1. The Morgan fingerprint density at radius 2 is 1.82 bits per heavy atom. The maximum Gasteiger partial charge on any atom is 0.460 e. The molecule has 0 bridgehead atoms. The third-order valence-corrected chi connectivity index (χ3v) is 4.62. The predicted molar refractivity (Wildman–Crippen MR) is 103 cm³/mol. The lowest BCUT2D eigenvalue weighted by Crippen LogP contribution is -2.56. The quantitative estimate of drug-likeness (QED) is 0.406. The van der Waals surface area contributed by atoms with Gasteiger partial charge in [0.1, 0.15) is 5.69 Å². The second kappa shape index (κ2) is 8.41. The fourth-order valence-electron chi connectivity index (χ4n) is 2.50. The van der Waals surface area contributed by atoms with Crippen molar-refractivity contribution in [3.05, 3.63) is 53.1 Å². The van der Waals surface area contributed by atoms with Crippen LogP contribution in [0.25, 0.3) is 5.82 Å². The highest BCUT2D eigenvalue weighted by Gasteiger charge is 2.75. The molecule has 2 aromatic heterocycles. The second-order valence-electron chi connectivity index (χ2n) is 6.39. The topological polar surface area (TPSA) is 75.7 Å². The van der Waals surface area contributed by atoms with Crippen LogP contribution < -0.4 is 0 Å². The van der Waals surface area contributed by atoms with Crippen molar-refractivity contribution in [2.45, 2.75) is 24.6 Å². The number of carbonyl (C=O) groups excluding carboxylic acids is 1. The standard InChI is InChI=1S/C17H9Cl2F7N6O/c1-8-6-28-14(15(20,21)16(22,23)17(24,25)26)30-31(8)7-9-5-11(12(19)33)32(29-9)13-10(18)3-2-4-27-13/h2-6H,1,7H2. The lowest BCUT2D eigenvalue weighted by Gasteiger charge is -2.30. The highest BCUT2D eigenvalue weighted by Crippen LogP contribution is 2.47. The van der Waals surface area contributed by atoms with Crippen LogP contribution in [-0.2, 0) is 6.54 Å². The van der Waals surface area contributed by atoms with Crippen LogP contribution in [0, 0.1) is 0 Å². The Bertz CT molecular complexity index is 1170. The van der Waals surface area contributed by atoms with Gasteiger partial charge in [-0.1, -0.05) is 18.2 Å². The summed E-state index contributed by atoms with van der Waals surface area (Å²) in [5, 5.41) is 6.73. The number of rotatable bonds is 6. The van der Waals surface area contributed by atoms with Crippen LogP contribution in [0.2, 0.25) is 5.02 Å². The first-order valence-electron chi connectivity index (χ1n) is 8.48. The van der Waals surface area contributed by atoms with E-state index in [4.69, 9.17) is 23.2 Å². The maximum atomic E-state index is 14.0. The number of halogens is 9. The molecule has 1 aliphatic heterocycles. The van der Waals surface area contributed by atoms with Crippen molar-refractivity contribution in [3.8, 4) is 5.82 Å². The average Bonchev–Trinajstić information content (AvgIpc) is 3.13. The van der Waals surface area contributed by atoms with Crippen molar-refractivity contribution in [1.82, 2.24) is 19.8 Å². The number of allylic oxidation sites excluding steroid dienone is 1. The molecule has 3 heterocycles. The molecule has 0 atom stereocenters. The van der Waals surface area contributed by atoms with Gasteiger partial charge in [0.15, 0.2) is 5.82 Å². The van der Waals surface area contributed by atoms with E-state index in [0.29, 0.717) is 11.2 Å². The highest BCUT2D eigenvalue weighted by molar-refractivity contribution is 6.67. The largest absolute Gasteiger partial charge is 0.460 e. The number of pyridine rings is 1. The monoisotopic (exact) mass is 516 g/mol. The Morgan fingerprint density at radius 1 is 1.15 bits per heavy atom. The zero-order valence-electron chi connectivity index (χ0n) is 15.8. The molecule has 0 aromatic carbocycles. The summed E-state index contributed by atoms with van der Waals surface area (Å²) in [7, 11) is 0. The first-order valence-corrected chi connectivity index (χ1v) is 9.24. The molecule has 0 amide bonds. The van der Waals surface area contributed by atoms with E-state index >= 15 is 0 Å². The molecule has 7 nitrogen and oxygen atoms in total. The normalized spacial score (nSPS) is 15.1. The molecule has 0 spiro atoms. The average molecular weight is 517 g/mol. The van der Waals surface area contributed by atoms with Gasteiger partial charge in [0.05, 0.1) is 29.2 Å². The summed E-state index contributed by atoms with van der Waals surface area (Å²) in [4.78, 5) is 18.6. The van der Waals surface area contributed by atoms with Crippen molar-refractivity contribution in [1.29, 1.82) is 0 Å². The van der Waals surface area contributed by atoms with Crippen molar-refractivity contribution in [3.63, 3.8) is 0 Å². The van der Waals surface area contributed by atoms with Gasteiger partial charge in [0.2, 0.25) is 5.84 Å². The first-order chi connectivity index (χ1) is 15.2. The van der Waals surface area contributed by atoms with E-state index in [1.165, 1.54) is 18.3 Å². The van der Waals surface area contributed by atoms with Crippen LogP contribution in [0.15, 0.2) is 46.8 Å². The fraction of sp³-hybridized carbons (Fsp3) is 0.235. The highest BCUT2D eigenvalue weighted by atomic mass is 35.5. The second-order valence-corrected chi connectivity index (χ2v) is 7.14. The molecular formula is C17H9Cl2F7N6O. The minimum atomic E-state index is -6.57. The number of hydrazone groups is 1. The minimum absolute atomic E-state index is 0.0195. The van der Waals surface area contributed by atoms with Gasteiger partial charge >= 0.3 is 18.0 Å². The molecule has 33 heavy (non-hydrogen) atoms. The van der Waals surface area contributed by atoms with Crippen molar-refractivity contribution < 1.29 is 35.5 Å². The molecule has 0 saturated carbocycles. The number of carbonyl (C=O) groups is 1. The van der Waals surface area contributed by atoms with Gasteiger partial charge in [-0.2, -0.15) is 35.8 Å². The van der Waals surface area contributed by atoms with E-state index in [9.17, 15) is 35.5 Å². The molecule has 3 rings (SSSR count). The molecule has 16 heteroatoms. The minimum Gasteiger partial charge on any atom is -0.274 e. The Labute approximate surface area is 189 Å². The van der Waals surface area contributed by atoms with Crippen molar-refractivity contribution in [2.75, 3.05) is 0 Å². The number of alkyl halides is 7. The van der Waals surface area contributed by atoms with Crippen LogP contribution in [-0.4, -0.2) is 55.1 Å². The van der Waals surface area contributed by atoms with E-state index < -0.39 is 35.6 Å². The van der Waals surface area contributed by atoms with Crippen LogP contribution >= 0.6 is 23.2 Å². The Kier molecular flexibility index (Phi) is 6.28. The van der Waals surface area contributed by atoms with Crippen LogP contribution in [0.5, 0.6) is 0 Å². The molecule has 176 valence electrons. The van der Waals surface area contributed by atoms with Crippen LogP contribution in [0.1, 0.15) is 16.2 Å². The molecular weight excluding hydrogens is 508 g/mol. The third kappa shape index (κ3) is 4.44. The predicted octanol–water partition coefficient (Wildman–Crippen LogP) is 4.85. The maximum absolute atomic E-state index is 14.0. The molecule has 0 fully saturated rings. The van der Waals surface area contributed by atoms with E-state index in [0.717, 1.165) is 10.7 Å². The number of hydrogen-bond donors (Lipinski definition) is 0. The summed E-state index contributed by atoms with van der Waals surface area (Å²) in [6.45, 7) is 2.82. The van der Waals surface area contributed by atoms with Gasteiger partial charge in [0, 0.05) is 6.20 Å². The molecule has 0 unspecified atom stereocenters. The van der Waals surface area contributed by atoms with E-state index in [1.807, 2.05) is 0 Å². The smallest absolute Gasteiger partial charge is 0.274 e. The van der Waals surface area contributed by atoms with E-state index in [-0.39, 0.29) is 27.9 Å². The van der Waals surface area contributed by atoms with Gasteiger partial charge in [-0.15, -0.1) is 5.10 Å². The summed E-state index contributed by atoms with van der Waals surface area (Å²) in [6, 6.07) is 4.01. The van der Waals surface area contributed by atoms with Gasteiger partial charge in [-0.3, -0.25) is 9.80 Å². The lowest BCUT2D eigenvalue weighted by molar-refractivity contribution is -0.336. The Hall–Kier alpha value is -3.00. The lowest BCUT2D eigenvalue weighted by atomic mass is 10.1. The van der Waals surface area contributed by atoms with Gasteiger partial charge in [0.25, 0.3) is 5.24 Å². The van der Waals surface area contributed by atoms with Crippen LogP contribution in [0.4, 0.5) is 30.7 Å². The summed E-state index contributed by atoms with van der Waals surface area (Å²) < 4.78 is 93.1. The van der Waals surface area contributed by atoms with Gasteiger partial charge < -0.3 is 0 Å². The summed E-state index contributed by atoms with van der Waals surface area (Å²) >= 11 is 11.6. The first kappa shape index (κ1) is 24.6. The van der Waals surface area contributed by atoms with Gasteiger partial charge in [-0.05, 0) is 29.8 Å².